The summed E-state index contributed by atoms with van der Waals surface area (Å²) < 4.78 is 5.25. The quantitative estimate of drug-likeness (QED) is 0.869. The van der Waals surface area contributed by atoms with Crippen LogP contribution in [0.5, 0.6) is 0 Å². The summed E-state index contributed by atoms with van der Waals surface area (Å²) in [5.41, 5.74) is 2.34. The molecule has 1 fully saturated rings. The van der Waals surface area contributed by atoms with Gasteiger partial charge in [0.2, 0.25) is 0 Å². The van der Waals surface area contributed by atoms with Crippen LogP contribution < -0.4 is 5.32 Å². The summed E-state index contributed by atoms with van der Waals surface area (Å²) in [5, 5.41) is 15.6. The van der Waals surface area contributed by atoms with E-state index in [9.17, 15) is 9.59 Å². The van der Waals surface area contributed by atoms with Crippen LogP contribution in [0.25, 0.3) is 0 Å². The molecule has 2 amide bonds. The van der Waals surface area contributed by atoms with Gasteiger partial charge in [-0.1, -0.05) is 0 Å². The van der Waals surface area contributed by atoms with E-state index < -0.39 is 5.97 Å². The fourth-order valence-electron chi connectivity index (χ4n) is 2.27. The first-order chi connectivity index (χ1) is 10.1. The summed E-state index contributed by atoms with van der Waals surface area (Å²) >= 11 is 1.63. The summed E-state index contributed by atoms with van der Waals surface area (Å²) in [6.07, 6.45) is 1.29. The highest BCUT2D eigenvalue weighted by Crippen LogP contribution is 2.15. The number of hydrogen-bond donors (Lipinski definition) is 2. The van der Waals surface area contributed by atoms with Crippen LogP contribution in [0.15, 0.2) is 10.8 Å². The summed E-state index contributed by atoms with van der Waals surface area (Å²) in [6.45, 7) is 3.50. The summed E-state index contributed by atoms with van der Waals surface area (Å²) in [6, 6.07) is -0.0720. The number of hydrogen-bond acceptors (Lipinski definition) is 4. The van der Waals surface area contributed by atoms with Gasteiger partial charge in [-0.25, -0.2) is 9.59 Å². The summed E-state index contributed by atoms with van der Waals surface area (Å²) in [5.74, 6) is -0.957. The van der Waals surface area contributed by atoms with Crippen molar-refractivity contribution in [3.63, 3.8) is 0 Å². The maximum absolute atomic E-state index is 12.1. The fraction of sp³-hybridized carbons (Fsp3) is 0.571. The number of carbonyl (C=O) groups excluding carboxylic acids is 1. The lowest BCUT2D eigenvalue weighted by molar-refractivity contribution is -0.145. The van der Waals surface area contributed by atoms with Crippen molar-refractivity contribution >= 4 is 23.3 Å². The molecule has 21 heavy (non-hydrogen) atoms. The van der Waals surface area contributed by atoms with E-state index in [2.05, 4.69) is 10.7 Å². The standard InChI is InChI=1S/C14H20N2O4S/c1-10-8-21-9-11(10)6-15-14(19)16-4-2-12(3-5-16)20-7-13(17)18/h8-9,12H,2-7H2,1H3,(H,15,19)(H,17,18). The zero-order valence-electron chi connectivity index (χ0n) is 12.0. The third kappa shape index (κ3) is 4.71. The molecule has 2 heterocycles. The van der Waals surface area contributed by atoms with E-state index in [4.69, 9.17) is 9.84 Å². The van der Waals surface area contributed by atoms with Crippen molar-refractivity contribution < 1.29 is 19.4 Å². The molecule has 1 saturated heterocycles. The van der Waals surface area contributed by atoms with E-state index in [1.54, 1.807) is 16.2 Å². The van der Waals surface area contributed by atoms with Crippen LogP contribution in [-0.4, -0.2) is 47.8 Å². The molecule has 2 N–H and O–H groups in total. The molecule has 6 nitrogen and oxygen atoms in total. The molecular formula is C14H20N2O4S. The number of amides is 2. The van der Waals surface area contributed by atoms with Crippen LogP contribution in [0.1, 0.15) is 24.0 Å². The lowest BCUT2D eigenvalue weighted by Crippen LogP contribution is -2.45. The normalized spacial score (nSPS) is 16.0. The van der Waals surface area contributed by atoms with E-state index >= 15 is 0 Å². The van der Waals surface area contributed by atoms with Gasteiger partial charge in [-0.05, 0) is 41.7 Å². The Morgan fingerprint density at radius 3 is 2.71 bits per heavy atom. The predicted molar refractivity (Wildman–Crippen MR) is 79.5 cm³/mol. The molecule has 0 radical (unpaired) electrons. The number of thiophene rings is 1. The molecule has 0 saturated carbocycles. The average Bonchev–Trinajstić information content (AvgIpc) is 2.88. The van der Waals surface area contributed by atoms with Gasteiger partial charge in [0.1, 0.15) is 6.61 Å². The maximum Gasteiger partial charge on any atom is 0.329 e. The fourth-order valence-corrected chi connectivity index (χ4v) is 3.12. The van der Waals surface area contributed by atoms with Gasteiger partial charge in [-0.2, -0.15) is 11.3 Å². The average molecular weight is 312 g/mol. The van der Waals surface area contributed by atoms with Crippen LogP contribution in [0.2, 0.25) is 0 Å². The topological polar surface area (TPSA) is 78.9 Å². The van der Waals surface area contributed by atoms with Gasteiger partial charge in [0.05, 0.1) is 6.10 Å². The van der Waals surface area contributed by atoms with Gasteiger partial charge >= 0.3 is 12.0 Å². The molecule has 0 bridgehead atoms. The van der Waals surface area contributed by atoms with Crippen molar-refractivity contribution in [2.24, 2.45) is 0 Å². The number of likely N-dealkylation sites (tertiary alicyclic amines) is 1. The number of aliphatic carboxylic acids is 1. The number of nitrogens with zero attached hydrogens (tertiary/aromatic N) is 1. The minimum atomic E-state index is -0.957. The van der Waals surface area contributed by atoms with E-state index in [1.165, 1.54) is 5.56 Å². The second-order valence-electron chi connectivity index (χ2n) is 5.13. The van der Waals surface area contributed by atoms with Gasteiger partial charge in [0, 0.05) is 19.6 Å². The molecule has 7 heteroatoms. The highest BCUT2D eigenvalue weighted by Gasteiger charge is 2.23. The Kier molecular flexibility index (Phi) is 5.58. The van der Waals surface area contributed by atoms with Crippen LogP contribution >= 0.6 is 11.3 Å². The number of carbonyl (C=O) groups is 2. The monoisotopic (exact) mass is 312 g/mol. The third-order valence-corrected chi connectivity index (χ3v) is 4.47. The Morgan fingerprint density at radius 2 is 2.14 bits per heavy atom. The molecule has 0 unspecified atom stereocenters. The lowest BCUT2D eigenvalue weighted by Gasteiger charge is -2.31. The number of aryl methyl sites for hydroxylation is 1. The third-order valence-electron chi connectivity index (χ3n) is 3.56. The molecule has 1 aliphatic rings. The number of carboxylic acids is 1. The van der Waals surface area contributed by atoms with E-state index in [-0.39, 0.29) is 18.7 Å². The van der Waals surface area contributed by atoms with E-state index in [0.29, 0.717) is 32.5 Å². The van der Waals surface area contributed by atoms with Gasteiger partial charge in [-0.15, -0.1) is 0 Å². The van der Waals surface area contributed by atoms with Gasteiger partial charge < -0.3 is 20.1 Å². The number of urea groups is 1. The number of piperidine rings is 1. The zero-order chi connectivity index (χ0) is 15.2. The van der Waals surface area contributed by atoms with Crippen molar-refractivity contribution in [1.82, 2.24) is 10.2 Å². The second-order valence-corrected chi connectivity index (χ2v) is 5.87. The molecule has 2 rings (SSSR count). The van der Waals surface area contributed by atoms with Crippen LogP contribution in [0.3, 0.4) is 0 Å². The SMILES string of the molecule is Cc1cscc1CNC(=O)N1CCC(OCC(=O)O)CC1. The molecular weight excluding hydrogens is 292 g/mol. The number of ether oxygens (including phenoxy) is 1. The predicted octanol–water partition coefficient (Wildman–Crippen LogP) is 1.83. The first kappa shape index (κ1) is 15.8. The molecule has 116 valence electrons. The van der Waals surface area contributed by atoms with E-state index in [1.807, 2.05) is 12.3 Å². The highest BCUT2D eigenvalue weighted by atomic mass is 32.1. The van der Waals surface area contributed by atoms with Gasteiger partial charge in [-0.3, -0.25) is 0 Å². The van der Waals surface area contributed by atoms with Crippen LogP contribution in [0, 0.1) is 6.92 Å². The number of nitrogens with one attached hydrogen (secondary N) is 1. The molecule has 0 spiro atoms. The van der Waals surface area contributed by atoms with Crippen LogP contribution in [0.4, 0.5) is 4.79 Å². The highest BCUT2D eigenvalue weighted by molar-refractivity contribution is 7.08. The molecule has 1 aromatic rings. The largest absolute Gasteiger partial charge is 0.480 e. The van der Waals surface area contributed by atoms with Crippen molar-refractivity contribution in [1.29, 1.82) is 0 Å². The van der Waals surface area contributed by atoms with Crippen LogP contribution in [-0.2, 0) is 16.1 Å². The van der Waals surface area contributed by atoms with Gasteiger partial charge in [0.25, 0.3) is 0 Å². The summed E-state index contributed by atoms with van der Waals surface area (Å²) in [7, 11) is 0. The Labute approximate surface area is 127 Å². The Hall–Kier alpha value is -1.60. The van der Waals surface area contributed by atoms with Gasteiger partial charge in [0.15, 0.2) is 0 Å². The maximum atomic E-state index is 12.1. The van der Waals surface area contributed by atoms with E-state index in [0.717, 1.165) is 5.56 Å². The summed E-state index contributed by atoms with van der Waals surface area (Å²) in [4.78, 5) is 24.3. The minimum Gasteiger partial charge on any atom is -0.480 e. The van der Waals surface area contributed by atoms with Crippen molar-refractivity contribution in [2.45, 2.75) is 32.4 Å². The minimum absolute atomic E-state index is 0.0655. The first-order valence-corrected chi connectivity index (χ1v) is 7.88. The number of rotatable bonds is 5. The Bertz CT molecular complexity index is 495. The lowest BCUT2D eigenvalue weighted by atomic mass is 10.1. The second kappa shape index (κ2) is 7.42. The van der Waals surface area contributed by atoms with Crippen molar-refractivity contribution in [2.75, 3.05) is 19.7 Å². The Balaban J connectivity index is 1.70. The molecule has 1 aromatic heterocycles. The molecule has 0 atom stereocenters. The van der Waals surface area contributed by atoms with Crippen molar-refractivity contribution in [3.8, 4) is 0 Å². The molecule has 1 aliphatic heterocycles. The first-order valence-electron chi connectivity index (χ1n) is 6.94. The molecule has 0 aromatic carbocycles. The smallest absolute Gasteiger partial charge is 0.329 e. The Morgan fingerprint density at radius 1 is 1.43 bits per heavy atom. The zero-order valence-corrected chi connectivity index (χ0v) is 12.8. The van der Waals surface area contributed by atoms with Crippen molar-refractivity contribution in [3.05, 3.63) is 21.9 Å². The molecule has 0 aliphatic carbocycles. The number of carboxylic acid groups (broad SMARTS) is 1.